The molecule has 1 saturated heterocycles. The fourth-order valence-corrected chi connectivity index (χ4v) is 4.55. The topological polar surface area (TPSA) is 118 Å². The van der Waals surface area contributed by atoms with Gasteiger partial charge in [0.15, 0.2) is 6.04 Å². The summed E-state index contributed by atoms with van der Waals surface area (Å²) in [5.74, 6) is -1.48. The van der Waals surface area contributed by atoms with E-state index in [0.29, 0.717) is 17.0 Å². The molecule has 3 atom stereocenters. The van der Waals surface area contributed by atoms with E-state index in [-0.39, 0.29) is 19.6 Å². The molecule has 9 heteroatoms. The van der Waals surface area contributed by atoms with Crippen molar-refractivity contribution in [3.8, 4) is 0 Å². The van der Waals surface area contributed by atoms with Crippen molar-refractivity contribution in [1.29, 1.82) is 0 Å². The third-order valence-electron chi connectivity index (χ3n) is 6.37. The lowest BCUT2D eigenvalue weighted by Gasteiger charge is -2.25. The van der Waals surface area contributed by atoms with E-state index in [1.165, 1.54) is 4.90 Å². The van der Waals surface area contributed by atoms with E-state index in [0.717, 1.165) is 11.1 Å². The first kappa shape index (κ1) is 25.3. The number of carbonyl (C=O) groups is 3. The van der Waals surface area contributed by atoms with Crippen LogP contribution in [-0.2, 0) is 30.5 Å². The average Bonchev–Trinajstić information content (AvgIpc) is 3.24. The van der Waals surface area contributed by atoms with Crippen LogP contribution in [0.2, 0.25) is 0 Å². The summed E-state index contributed by atoms with van der Waals surface area (Å²) >= 11 is 0. The second-order valence-corrected chi connectivity index (χ2v) is 9.02. The summed E-state index contributed by atoms with van der Waals surface area (Å²) in [6.45, 7) is -0.636. The van der Waals surface area contributed by atoms with Crippen LogP contribution in [0.3, 0.4) is 0 Å². The lowest BCUT2D eigenvalue weighted by Crippen LogP contribution is -2.49. The van der Waals surface area contributed by atoms with E-state index < -0.39 is 42.8 Å². The average molecular weight is 514 g/mol. The first-order valence-corrected chi connectivity index (χ1v) is 12.3. The number of nitrogens with zero attached hydrogens (tertiary/aromatic N) is 2. The normalized spacial score (nSPS) is 20.8. The minimum absolute atomic E-state index is 0.0454. The highest BCUT2D eigenvalue weighted by Crippen LogP contribution is 2.28. The zero-order valence-electron chi connectivity index (χ0n) is 20.5. The molecule has 2 heterocycles. The number of carbonyl (C=O) groups excluding carboxylic acids is 3. The lowest BCUT2D eigenvalue weighted by atomic mass is 10.0. The van der Waals surface area contributed by atoms with Gasteiger partial charge in [0, 0.05) is 11.1 Å². The van der Waals surface area contributed by atoms with Crippen molar-refractivity contribution < 1.29 is 29.0 Å². The number of anilines is 1. The number of aliphatic imine (C=N–C) groups is 1. The molecule has 0 aliphatic carbocycles. The van der Waals surface area contributed by atoms with Gasteiger partial charge in [0.05, 0.1) is 31.0 Å². The molecule has 2 amide bonds. The SMILES string of the molecule is O=C(CN1C(=O)[C@@H](CO)N=C(c2ccccc2)c2ccccc21)N[C@H]1CC(=O)O[C@@H]1OCc1ccccc1. The monoisotopic (exact) mass is 513 g/mol. The van der Waals surface area contributed by atoms with Gasteiger partial charge in [-0.3, -0.25) is 19.4 Å². The Balaban J connectivity index is 1.35. The molecule has 38 heavy (non-hydrogen) atoms. The number of cyclic esters (lactones) is 1. The van der Waals surface area contributed by atoms with E-state index in [9.17, 15) is 19.5 Å². The van der Waals surface area contributed by atoms with Crippen LogP contribution in [-0.4, -0.2) is 60.1 Å². The Kier molecular flexibility index (Phi) is 7.57. The molecule has 0 unspecified atom stereocenters. The largest absolute Gasteiger partial charge is 0.433 e. The van der Waals surface area contributed by atoms with Gasteiger partial charge in [0.25, 0.3) is 5.91 Å². The number of rotatable bonds is 8. The fourth-order valence-electron chi connectivity index (χ4n) is 4.55. The number of benzodiazepines with no additional fused rings is 1. The van der Waals surface area contributed by atoms with E-state index in [2.05, 4.69) is 10.3 Å². The molecule has 0 saturated carbocycles. The Morgan fingerprint density at radius 3 is 2.42 bits per heavy atom. The smallest absolute Gasteiger partial charge is 0.310 e. The van der Waals surface area contributed by atoms with Crippen molar-refractivity contribution >= 4 is 29.2 Å². The van der Waals surface area contributed by atoms with Crippen LogP contribution in [0.4, 0.5) is 5.69 Å². The predicted octanol–water partition coefficient (Wildman–Crippen LogP) is 2.21. The summed E-state index contributed by atoms with van der Waals surface area (Å²) in [6.07, 6.45) is -0.993. The summed E-state index contributed by atoms with van der Waals surface area (Å²) < 4.78 is 11.0. The molecular weight excluding hydrogens is 486 g/mol. The number of nitrogens with one attached hydrogen (secondary N) is 1. The van der Waals surface area contributed by atoms with Crippen LogP contribution in [0.5, 0.6) is 0 Å². The lowest BCUT2D eigenvalue weighted by molar-refractivity contribution is -0.168. The van der Waals surface area contributed by atoms with E-state index in [4.69, 9.17) is 9.47 Å². The van der Waals surface area contributed by atoms with E-state index >= 15 is 0 Å². The van der Waals surface area contributed by atoms with Crippen molar-refractivity contribution in [2.24, 2.45) is 4.99 Å². The maximum Gasteiger partial charge on any atom is 0.310 e. The van der Waals surface area contributed by atoms with Gasteiger partial charge in [-0.25, -0.2) is 0 Å². The maximum atomic E-state index is 13.4. The quantitative estimate of drug-likeness (QED) is 0.446. The zero-order chi connectivity index (χ0) is 26.5. The van der Waals surface area contributed by atoms with Gasteiger partial charge in [-0.2, -0.15) is 0 Å². The van der Waals surface area contributed by atoms with Gasteiger partial charge in [0.1, 0.15) is 12.6 Å². The highest BCUT2D eigenvalue weighted by atomic mass is 16.7. The second kappa shape index (κ2) is 11.4. The van der Waals surface area contributed by atoms with Gasteiger partial charge in [-0.1, -0.05) is 78.9 Å². The summed E-state index contributed by atoms with van der Waals surface area (Å²) in [5.41, 5.74) is 3.41. The molecule has 2 aliphatic rings. The number of hydrogen-bond acceptors (Lipinski definition) is 7. The third kappa shape index (κ3) is 5.49. The minimum Gasteiger partial charge on any atom is -0.433 e. The molecule has 9 nitrogen and oxygen atoms in total. The molecule has 3 aromatic carbocycles. The summed E-state index contributed by atoms with van der Waals surface area (Å²) in [7, 11) is 0. The van der Waals surface area contributed by atoms with Gasteiger partial charge >= 0.3 is 5.97 Å². The fraction of sp³-hybridized carbons (Fsp3) is 0.241. The molecule has 0 radical (unpaired) electrons. The number of esters is 1. The number of hydrogen-bond donors (Lipinski definition) is 2. The van der Waals surface area contributed by atoms with Crippen molar-refractivity contribution in [1.82, 2.24) is 5.32 Å². The Bertz CT molecular complexity index is 1340. The third-order valence-corrected chi connectivity index (χ3v) is 6.37. The van der Waals surface area contributed by atoms with Gasteiger partial charge in [-0.05, 0) is 11.6 Å². The molecule has 5 rings (SSSR count). The molecule has 0 bridgehead atoms. The molecule has 194 valence electrons. The highest BCUT2D eigenvalue weighted by Gasteiger charge is 2.38. The molecular formula is C29H27N3O6. The van der Waals surface area contributed by atoms with Crippen LogP contribution in [0.1, 0.15) is 23.1 Å². The molecule has 2 aliphatic heterocycles. The number of amides is 2. The molecule has 3 aromatic rings. The molecule has 1 fully saturated rings. The van der Waals surface area contributed by atoms with Crippen molar-refractivity contribution in [3.05, 3.63) is 102 Å². The number of aliphatic hydroxyl groups is 1. The first-order chi connectivity index (χ1) is 18.5. The summed E-state index contributed by atoms with van der Waals surface area (Å²) in [4.78, 5) is 44.5. The van der Waals surface area contributed by atoms with Gasteiger partial charge < -0.3 is 24.8 Å². The second-order valence-electron chi connectivity index (χ2n) is 9.02. The standard InChI is InChI=1S/C29H27N3O6/c33-17-23-28(36)32(24-14-8-7-13-21(24)27(31-23)20-11-5-2-6-12-20)16-25(34)30-22-15-26(35)38-29(22)37-18-19-9-3-1-4-10-19/h1-14,22-23,29,33H,15-18H2,(H,30,34)/t22-,23+,29-/m0/s1. The summed E-state index contributed by atoms with van der Waals surface area (Å²) in [6, 6.07) is 24.2. The van der Waals surface area contributed by atoms with E-state index in [1.807, 2.05) is 72.8 Å². The number of aliphatic hydroxyl groups excluding tert-OH is 1. The van der Waals surface area contributed by atoms with E-state index in [1.54, 1.807) is 12.1 Å². The Morgan fingerprint density at radius 1 is 1.00 bits per heavy atom. The number of para-hydroxylation sites is 1. The van der Waals surface area contributed by atoms with Crippen molar-refractivity contribution in [2.75, 3.05) is 18.1 Å². The number of benzene rings is 3. The van der Waals surface area contributed by atoms with Crippen LogP contribution < -0.4 is 10.2 Å². The molecule has 0 spiro atoms. The summed E-state index contributed by atoms with van der Waals surface area (Å²) in [5, 5.41) is 12.8. The van der Waals surface area contributed by atoms with Gasteiger partial charge in [-0.15, -0.1) is 0 Å². The van der Waals surface area contributed by atoms with Crippen molar-refractivity contribution in [2.45, 2.75) is 31.4 Å². The first-order valence-electron chi connectivity index (χ1n) is 12.3. The molecule has 0 aromatic heterocycles. The van der Waals surface area contributed by atoms with Crippen LogP contribution in [0.15, 0.2) is 89.9 Å². The van der Waals surface area contributed by atoms with Crippen LogP contribution in [0.25, 0.3) is 0 Å². The molecule has 2 N–H and O–H groups in total. The Morgan fingerprint density at radius 2 is 1.68 bits per heavy atom. The minimum atomic E-state index is -1.08. The predicted molar refractivity (Wildman–Crippen MR) is 139 cm³/mol. The van der Waals surface area contributed by atoms with Gasteiger partial charge in [0.2, 0.25) is 12.2 Å². The Labute approximate surface area is 219 Å². The Hall–Kier alpha value is -4.34. The number of ether oxygens (including phenoxy) is 2. The van der Waals surface area contributed by atoms with Crippen molar-refractivity contribution in [3.63, 3.8) is 0 Å². The van der Waals surface area contributed by atoms with Crippen LogP contribution in [0, 0.1) is 0 Å². The maximum absolute atomic E-state index is 13.4. The van der Waals surface area contributed by atoms with Crippen LogP contribution >= 0.6 is 0 Å². The number of fused-ring (bicyclic) bond motifs is 1. The zero-order valence-corrected chi connectivity index (χ0v) is 20.5. The highest BCUT2D eigenvalue weighted by molar-refractivity contribution is 6.20.